The van der Waals surface area contributed by atoms with Gasteiger partial charge in [-0.05, 0) is 105 Å². The number of aliphatic carboxylic acids is 2. The number of carbonyl (C=O) groups excluding carboxylic acids is 15. The maximum Gasteiger partial charge on any atom is 0.326 e. The van der Waals surface area contributed by atoms with Gasteiger partial charge in [0, 0.05) is 103 Å². The van der Waals surface area contributed by atoms with E-state index in [0.717, 1.165) is 13.8 Å². The second-order valence-electron chi connectivity index (χ2n) is 31.3. The van der Waals surface area contributed by atoms with E-state index in [1.807, 2.05) is 0 Å². The lowest BCUT2D eigenvalue weighted by Crippen LogP contribution is -2.63. The number of benzene rings is 4. The number of aliphatic hydroxyl groups is 1. The first kappa shape index (κ1) is 100.0. The molecule has 1 aliphatic heterocycles. The van der Waals surface area contributed by atoms with E-state index in [9.17, 15) is 92.3 Å². The number of rotatable bonds is 49. The number of amides is 15. The molecule has 43 heteroatoms. The molecule has 4 heterocycles. The smallest absolute Gasteiger partial charge is 0.326 e. The molecule has 0 aliphatic carbocycles. The van der Waals surface area contributed by atoms with Crippen molar-refractivity contribution in [2.24, 2.45) is 11.7 Å². The normalized spacial score (nSPS) is 15.6. The van der Waals surface area contributed by atoms with E-state index in [2.05, 4.69) is 120 Å². The molecule has 0 spiro atoms. The predicted octanol–water partition coefficient (Wildman–Crippen LogP) is -2.74. The molecular weight excluding hydrogens is 1700 g/mol. The number of phenols is 1. The standard InChI is InChI=1S/C85H110N20O21S2/c1-43(2)70(103-77(117)62(33-51-37-89-57-21-13-11-19-55(51)57)99-76(116)64(35-69(110)111)96-72(112)44(3)93-79(119)65(40-127)94-47(6)107)82(122)102-66(41-128)80(120)97-60(31-49-23-25-53(108)26-24-49)74(114)98-61(32-50-36-88-56-20-12-10-18-54(50)56)75(115)100-63(34-52-38-87-42-91-52)78(118)104-71(46(5)106)83(123)101-59(30-48-16-8-7-9-17-48)73(113)90-39-68(109)92-45(4)84(124)105-29-27-67(105)81(121)95-58(85(125)126)22-14-15-28-86/h7-13,16-21,23-26,36-38,42-46,58-67,70-71,88-89,106,108,127-128H,14-15,22,27-35,39-41,86H2,1-6H3,(H,87,91)(H,90,113)(H,92,109)(H,93,119)(H,94,107)(H,95,121)(H,96,112)(H,97,120)(H,98,114)(H,99,116)(H,100,115)(H,101,123)(H,102,122)(H,103,117)(H,104,118)(H,110,111)(H,125,126)/t44-,45-,46+,58+,59-,60-,61-,62-,63-,64-,65-,66-,67-,70-,71-/m0/s1. The number of para-hydroxylation sites is 2. The van der Waals surface area contributed by atoms with Gasteiger partial charge in [0.1, 0.15) is 90.3 Å². The summed E-state index contributed by atoms with van der Waals surface area (Å²) in [5.74, 6) is -18.5. The van der Waals surface area contributed by atoms with Crippen molar-refractivity contribution in [1.82, 2.24) is 99.3 Å². The highest BCUT2D eigenvalue weighted by Crippen LogP contribution is 2.24. The highest BCUT2D eigenvalue weighted by molar-refractivity contribution is 7.80. The summed E-state index contributed by atoms with van der Waals surface area (Å²) in [4.78, 5) is 250. The number of nitrogens with zero attached hydrogens (tertiary/aromatic N) is 2. The minimum atomic E-state index is -1.89. The number of carboxylic acid groups (broad SMARTS) is 2. The van der Waals surface area contributed by atoms with Crippen LogP contribution in [0.15, 0.2) is 128 Å². The third kappa shape index (κ3) is 29.3. The number of unbranched alkanes of at least 4 members (excludes halogenated alkanes) is 1. The third-order valence-electron chi connectivity index (χ3n) is 21.1. The number of carboxylic acids is 2. The number of aromatic amines is 3. The van der Waals surface area contributed by atoms with Gasteiger partial charge >= 0.3 is 11.9 Å². The Morgan fingerprint density at radius 2 is 0.953 bits per heavy atom. The number of imidazole rings is 1. The molecule has 1 aliphatic rings. The Balaban J connectivity index is 0.994. The highest BCUT2D eigenvalue weighted by atomic mass is 32.1. The number of phenolic OH excluding ortho intramolecular Hbond substituents is 1. The summed E-state index contributed by atoms with van der Waals surface area (Å²) in [7, 11) is 0. The minimum absolute atomic E-state index is 0.110. The van der Waals surface area contributed by atoms with Crippen LogP contribution in [-0.4, -0.2) is 268 Å². The number of nitrogens with two attached hydrogens (primary N) is 1. The number of fused-ring (bicyclic) bond motifs is 2. The molecule has 0 radical (unpaired) electrons. The molecule has 15 atom stereocenters. The predicted molar refractivity (Wildman–Crippen MR) is 471 cm³/mol. The van der Waals surface area contributed by atoms with Crippen LogP contribution in [0.3, 0.4) is 0 Å². The van der Waals surface area contributed by atoms with Crippen molar-refractivity contribution in [1.29, 1.82) is 0 Å². The number of hydrogen-bond donors (Lipinski definition) is 24. The summed E-state index contributed by atoms with van der Waals surface area (Å²) >= 11 is 8.49. The second-order valence-corrected chi connectivity index (χ2v) is 32.1. The van der Waals surface area contributed by atoms with Crippen LogP contribution in [0.2, 0.25) is 0 Å². The maximum absolute atomic E-state index is 15.4. The number of hydrogen-bond acceptors (Lipinski definition) is 23. The van der Waals surface area contributed by atoms with Crippen molar-refractivity contribution in [3.05, 3.63) is 156 Å². The van der Waals surface area contributed by atoms with Gasteiger partial charge in [0.15, 0.2) is 0 Å². The lowest BCUT2D eigenvalue weighted by molar-refractivity contribution is -0.151. The minimum Gasteiger partial charge on any atom is -0.508 e. The first-order valence-corrected chi connectivity index (χ1v) is 42.6. The molecule has 3 aromatic heterocycles. The molecule has 15 amide bonds. The van der Waals surface area contributed by atoms with Gasteiger partial charge in [-0.25, -0.2) is 9.78 Å². The number of aromatic hydroxyl groups is 1. The summed E-state index contributed by atoms with van der Waals surface area (Å²) in [5.41, 5.74) is 8.82. The van der Waals surface area contributed by atoms with Crippen LogP contribution in [0.25, 0.3) is 21.8 Å². The van der Waals surface area contributed by atoms with Crippen LogP contribution in [0, 0.1) is 5.92 Å². The van der Waals surface area contributed by atoms with Crippen molar-refractivity contribution in [3.63, 3.8) is 0 Å². The molecule has 1 saturated heterocycles. The van der Waals surface area contributed by atoms with Crippen LogP contribution in [0.1, 0.15) is 102 Å². The number of H-pyrrole nitrogens is 3. The zero-order valence-electron chi connectivity index (χ0n) is 71.1. The molecule has 0 bridgehead atoms. The van der Waals surface area contributed by atoms with Gasteiger partial charge in [-0.15, -0.1) is 0 Å². The Morgan fingerprint density at radius 3 is 1.46 bits per heavy atom. The largest absolute Gasteiger partial charge is 0.508 e. The van der Waals surface area contributed by atoms with E-state index >= 15 is 9.59 Å². The van der Waals surface area contributed by atoms with E-state index in [1.165, 1.54) is 55.5 Å². The molecule has 7 aromatic rings. The number of likely N-dealkylation sites (tertiary alicyclic amines) is 1. The molecular formula is C85H110N20O21S2. The first-order valence-electron chi connectivity index (χ1n) is 41.4. The van der Waals surface area contributed by atoms with E-state index < -0.39 is 216 Å². The molecule has 41 nitrogen and oxygen atoms in total. The summed E-state index contributed by atoms with van der Waals surface area (Å²) in [6.45, 7) is 7.70. The Labute approximate surface area is 746 Å². The van der Waals surface area contributed by atoms with E-state index in [4.69, 9.17) is 5.73 Å². The Hall–Kier alpha value is -13.4. The van der Waals surface area contributed by atoms with Gasteiger partial charge in [0.2, 0.25) is 88.6 Å². The zero-order valence-corrected chi connectivity index (χ0v) is 72.9. The maximum atomic E-state index is 15.4. The van der Waals surface area contributed by atoms with Gasteiger partial charge in [-0.1, -0.05) is 92.7 Å². The Bertz CT molecular complexity index is 5090. The van der Waals surface area contributed by atoms with Gasteiger partial charge in [-0.3, -0.25) is 76.7 Å². The van der Waals surface area contributed by atoms with Gasteiger partial charge in [0.05, 0.1) is 25.4 Å². The summed E-state index contributed by atoms with van der Waals surface area (Å²) < 4.78 is 0. The Kier molecular flexibility index (Phi) is 37.8. The summed E-state index contributed by atoms with van der Waals surface area (Å²) in [6, 6.07) is 6.49. The van der Waals surface area contributed by atoms with Crippen molar-refractivity contribution in [2.45, 2.75) is 196 Å². The van der Waals surface area contributed by atoms with Crippen LogP contribution in [-0.2, 0) is 114 Å². The molecule has 688 valence electrons. The SMILES string of the molecule is CC(=O)N[C@@H](CS)C(=O)N[C@@H](C)C(=O)N[C@@H](CC(=O)O)C(=O)N[C@@H](Cc1c[nH]c2ccccc12)C(=O)N[C@H](C(=O)N[C@@H](CS)C(=O)N[C@@H](Cc1ccc(O)cc1)C(=O)N[C@@H](Cc1c[nH]c2ccccc12)C(=O)N[C@@H](Cc1cnc[nH]1)C(=O)N[C@H](C(=O)N[C@@H](Cc1ccccc1)C(=O)NCC(=O)N[C@@H](C)C(=O)N1CC[C@H]1C(=O)N[C@H](CCCCN)C(=O)O)[C@@H](C)O)C(C)C. The van der Waals surface area contributed by atoms with Crippen molar-refractivity contribution in [2.75, 3.05) is 31.1 Å². The molecule has 8 rings (SSSR count). The van der Waals surface area contributed by atoms with E-state index in [-0.39, 0.29) is 68.7 Å². The number of carbonyl (C=O) groups is 17. The first-order chi connectivity index (χ1) is 60.9. The number of aliphatic hydroxyl groups excluding tert-OH is 1. The summed E-state index contributed by atoms with van der Waals surface area (Å²) in [5, 5.41) is 77.9. The molecule has 4 aromatic carbocycles. The van der Waals surface area contributed by atoms with Gasteiger partial charge < -0.3 is 120 Å². The molecule has 0 saturated carbocycles. The number of aromatic nitrogens is 4. The topological polar surface area (TPSA) is 629 Å². The van der Waals surface area contributed by atoms with Gasteiger partial charge in [0.25, 0.3) is 0 Å². The fraction of sp³-hybridized carbons (Fsp3) is 0.435. The van der Waals surface area contributed by atoms with Crippen molar-refractivity contribution >= 4 is 148 Å². The van der Waals surface area contributed by atoms with E-state index in [0.29, 0.717) is 63.4 Å². The number of thiol groups is 2. The van der Waals surface area contributed by atoms with Crippen LogP contribution >= 0.6 is 25.3 Å². The van der Waals surface area contributed by atoms with Crippen molar-refractivity contribution < 1.29 is 102 Å². The third-order valence-corrected chi connectivity index (χ3v) is 21.8. The lowest BCUT2D eigenvalue weighted by atomic mass is 9.99. The highest BCUT2D eigenvalue weighted by Gasteiger charge is 2.43. The average molecular weight is 1810 g/mol. The van der Waals surface area contributed by atoms with Crippen LogP contribution < -0.4 is 80.2 Å². The fourth-order valence-corrected chi connectivity index (χ4v) is 14.5. The lowest BCUT2D eigenvalue weighted by Gasteiger charge is -2.41. The van der Waals surface area contributed by atoms with Crippen molar-refractivity contribution in [3.8, 4) is 5.75 Å². The zero-order chi connectivity index (χ0) is 93.6. The fourth-order valence-electron chi connectivity index (χ4n) is 14.0. The molecule has 128 heavy (non-hydrogen) atoms. The van der Waals surface area contributed by atoms with E-state index in [1.54, 1.807) is 105 Å². The average Bonchev–Trinajstić information content (AvgIpc) is 1.10. The molecule has 0 unspecified atom stereocenters. The molecule has 1 fully saturated rings. The quantitative estimate of drug-likeness (QED) is 0.0136. The van der Waals surface area contributed by atoms with Crippen LogP contribution in [0.5, 0.6) is 5.75 Å². The monoisotopic (exact) mass is 1810 g/mol. The molecule has 23 N–H and O–H groups in total. The van der Waals surface area contributed by atoms with Crippen LogP contribution in [0.4, 0.5) is 0 Å². The Morgan fingerprint density at radius 1 is 0.484 bits per heavy atom. The summed E-state index contributed by atoms with van der Waals surface area (Å²) in [6.07, 6.45) is 2.72. The van der Waals surface area contributed by atoms with Gasteiger partial charge in [-0.2, -0.15) is 25.3 Å². The second kappa shape index (κ2) is 48.3. The number of nitrogens with one attached hydrogen (secondary N) is 17.